The van der Waals surface area contributed by atoms with Crippen molar-refractivity contribution in [2.75, 3.05) is 40.3 Å². The number of carbonyl (C=O) groups excluding carboxylic acids is 1. The number of guanidine groups is 1. The van der Waals surface area contributed by atoms with Crippen LogP contribution in [-0.4, -0.2) is 68.1 Å². The zero-order valence-electron chi connectivity index (χ0n) is 16.2. The summed E-state index contributed by atoms with van der Waals surface area (Å²) in [5, 5.41) is 3.28. The van der Waals surface area contributed by atoms with Gasteiger partial charge in [-0.3, -0.25) is 4.79 Å². The van der Waals surface area contributed by atoms with Crippen molar-refractivity contribution < 1.29 is 18.3 Å². The summed E-state index contributed by atoms with van der Waals surface area (Å²) in [5.74, 6) is -0.628. The minimum Gasteiger partial charge on any atom is -0.376 e. The zero-order chi connectivity index (χ0) is 19.4. The van der Waals surface area contributed by atoms with Gasteiger partial charge in [-0.15, -0.1) is 24.0 Å². The molecule has 1 aromatic carbocycles. The van der Waals surface area contributed by atoms with Crippen LogP contribution in [0.4, 0.5) is 8.78 Å². The van der Waals surface area contributed by atoms with E-state index >= 15 is 0 Å². The third kappa shape index (κ3) is 5.76. The minimum atomic E-state index is -0.582. The maximum atomic E-state index is 14.0. The normalized spacial score (nSPS) is 19.1. The first-order chi connectivity index (χ1) is 12.9. The molecule has 0 spiro atoms. The molecule has 2 heterocycles. The summed E-state index contributed by atoms with van der Waals surface area (Å²) in [6.07, 6.45) is 2.60. The van der Waals surface area contributed by atoms with E-state index in [0.717, 1.165) is 25.5 Å². The number of rotatable bonds is 4. The van der Waals surface area contributed by atoms with Crippen molar-refractivity contribution >= 4 is 35.8 Å². The van der Waals surface area contributed by atoms with E-state index in [-0.39, 0.29) is 42.5 Å². The minimum absolute atomic E-state index is 0. The molecular formula is C19H27F2IN4O2. The molecule has 9 heteroatoms. The smallest absolute Gasteiger partial charge is 0.243 e. The van der Waals surface area contributed by atoms with Gasteiger partial charge in [0, 0.05) is 46.4 Å². The number of hydrogen-bond donors (Lipinski definition) is 1. The first-order valence-electron chi connectivity index (χ1n) is 9.26. The number of nitrogens with one attached hydrogen (secondary N) is 1. The Balaban J connectivity index is 0.00000280. The second-order valence-electron chi connectivity index (χ2n) is 7.14. The molecule has 0 radical (unpaired) electrons. The van der Waals surface area contributed by atoms with Crippen molar-refractivity contribution in [1.82, 2.24) is 15.1 Å². The Labute approximate surface area is 181 Å². The largest absolute Gasteiger partial charge is 0.376 e. The van der Waals surface area contributed by atoms with Crippen LogP contribution in [0, 0.1) is 11.6 Å². The Morgan fingerprint density at radius 2 is 2.18 bits per heavy atom. The highest BCUT2D eigenvalue weighted by molar-refractivity contribution is 14.0. The fraction of sp³-hybridized carbons (Fsp3) is 0.579. The first-order valence-corrected chi connectivity index (χ1v) is 9.26. The van der Waals surface area contributed by atoms with Crippen molar-refractivity contribution in [1.29, 1.82) is 0 Å². The molecule has 156 valence electrons. The Morgan fingerprint density at radius 1 is 1.39 bits per heavy atom. The van der Waals surface area contributed by atoms with Crippen molar-refractivity contribution in [2.45, 2.75) is 31.9 Å². The molecule has 3 rings (SSSR count). The van der Waals surface area contributed by atoms with Gasteiger partial charge >= 0.3 is 0 Å². The SMILES string of the molecule is CN(C)C(=O)CN=C(NCC1CCCO1)N1CCc2c(F)cc(F)cc2C1.I. The van der Waals surface area contributed by atoms with Gasteiger partial charge in [-0.1, -0.05) is 0 Å². The van der Waals surface area contributed by atoms with Crippen LogP contribution in [0.3, 0.4) is 0 Å². The van der Waals surface area contributed by atoms with Crippen molar-refractivity contribution in [2.24, 2.45) is 4.99 Å². The molecule has 1 aromatic rings. The van der Waals surface area contributed by atoms with Gasteiger partial charge in [-0.25, -0.2) is 13.8 Å². The average molecular weight is 508 g/mol. The van der Waals surface area contributed by atoms with E-state index in [1.54, 1.807) is 14.1 Å². The van der Waals surface area contributed by atoms with Gasteiger partial charge in [0.1, 0.15) is 18.2 Å². The lowest BCUT2D eigenvalue weighted by Gasteiger charge is -2.32. The number of benzene rings is 1. The number of aliphatic imine (C=N–C) groups is 1. The molecule has 1 N–H and O–H groups in total. The number of amides is 1. The Bertz CT molecular complexity index is 724. The molecule has 2 aliphatic rings. The van der Waals surface area contributed by atoms with Crippen LogP contribution in [0.15, 0.2) is 17.1 Å². The van der Waals surface area contributed by atoms with E-state index in [2.05, 4.69) is 10.3 Å². The van der Waals surface area contributed by atoms with Gasteiger partial charge in [-0.2, -0.15) is 0 Å². The highest BCUT2D eigenvalue weighted by Gasteiger charge is 2.24. The average Bonchev–Trinajstić information content (AvgIpc) is 3.14. The lowest BCUT2D eigenvalue weighted by molar-refractivity contribution is -0.127. The van der Waals surface area contributed by atoms with Gasteiger partial charge in [-0.05, 0) is 36.5 Å². The van der Waals surface area contributed by atoms with Crippen molar-refractivity contribution in [3.05, 3.63) is 34.9 Å². The lowest BCUT2D eigenvalue weighted by Crippen LogP contribution is -2.46. The molecule has 1 saturated heterocycles. The summed E-state index contributed by atoms with van der Waals surface area (Å²) in [7, 11) is 3.36. The van der Waals surface area contributed by atoms with Gasteiger partial charge in [0.15, 0.2) is 5.96 Å². The molecule has 0 saturated carbocycles. The van der Waals surface area contributed by atoms with E-state index in [0.29, 0.717) is 43.1 Å². The van der Waals surface area contributed by atoms with Crippen molar-refractivity contribution in [3.8, 4) is 0 Å². The summed E-state index contributed by atoms with van der Waals surface area (Å²) < 4.78 is 33.2. The van der Waals surface area contributed by atoms with Gasteiger partial charge < -0.3 is 19.9 Å². The fourth-order valence-corrected chi connectivity index (χ4v) is 3.35. The fourth-order valence-electron chi connectivity index (χ4n) is 3.35. The first kappa shape index (κ1) is 22.8. The van der Waals surface area contributed by atoms with Crippen LogP contribution in [0.1, 0.15) is 24.0 Å². The summed E-state index contributed by atoms with van der Waals surface area (Å²) in [6, 6.07) is 2.29. The molecule has 0 aromatic heterocycles. The second kappa shape index (κ2) is 10.3. The van der Waals surface area contributed by atoms with Crippen LogP contribution in [0.5, 0.6) is 0 Å². The molecule has 1 fully saturated rings. The standard InChI is InChI=1S/C19H26F2N4O2.HI/c1-24(2)18(26)11-23-19(22-10-15-4-3-7-27-15)25-6-5-16-13(12-25)8-14(20)9-17(16)21;/h8-9,15H,3-7,10-12H2,1-2H3,(H,22,23);1H. The number of nitrogens with zero attached hydrogens (tertiary/aromatic N) is 3. The number of fused-ring (bicyclic) bond motifs is 1. The second-order valence-corrected chi connectivity index (χ2v) is 7.14. The lowest BCUT2D eigenvalue weighted by atomic mass is 9.99. The summed E-state index contributed by atoms with van der Waals surface area (Å²) in [5.41, 5.74) is 1.17. The van der Waals surface area contributed by atoms with E-state index in [9.17, 15) is 13.6 Å². The zero-order valence-corrected chi connectivity index (χ0v) is 18.5. The number of halogens is 3. The summed E-state index contributed by atoms with van der Waals surface area (Å²) in [4.78, 5) is 19.8. The van der Waals surface area contributed by atoms with E-state index in [1.165, 1.54) is 11.0 Å². The van der Waals surface area contributed by atoms with Crippen LogP contribution >= 0.6 is 24.0 Å². The predicted molar refractivity (Wildman–Crippen MR) is 114 cm³/mol. The highest BCUT2D eigenvalue weighted by Crippen LogP contribution is 2.23. The number of hydrogen-bond acceptors (Lipinski definition) is 3. The maximum Gasteiger partial charge on any atom is 0.243 e. The van der Waals surface area contributed by atoms with Crippen LogP contribution < -0.4 is 5.32 Å². The molecule has 6 nitrogen and oxygen atoms in total. The Kier molecular flexibility index (Phi) is 8.41. The molecule has 0 aliphatic carbocycles. The predicted octanol–water partition coefficient (Wildman–Crippen LogP) is 2.15. The molecule has 0 bridgehead atoms. The maximum absolute atomic E-state index is 14.0. The number of likely N-dealkylation sites (N-methyl/N-ethyl adjacent to an activating group) is 1. The van der Waals surface area contributed by atoms with Crippen LogP contribution in [0.2, 0.25) is 0 Å². The Morgan fingerprint density at radius 3 is 2.86 bits per heavy atom. The third-order valence-electron chi connectivity index (χ3n) is 4.92. The Hall–Kier alpha value is -1.49. The van der Waals surface area contributed by atoms with Crippen molar-refractivity contribution in [3.63, 3.8) is 0 Å². The monoisotopic (exact) mass is 508 g/mol. The summed E-state index contributed by atoms with van der Waals surface area (Å²) in [6.45, 7) is 2.26. The molecular weight excluding hydrogens is 481 g/mol. The molecule has 28 heavy (non-hydrogen) atoms. The van der Waals surface area contributed by atoms with Gasteiger partial charge in [0.25, 0.3) is 0 Å². The topological polar surface area (TPSA) is 57.2 Å². The molecule has 1 unspecified atom stereocenters. The highest BCUT2D eigenvalue weighted by atomic mass is 127. The number of carbonyl (C=O) groups is 1. The van der Waals surface area contributed by atoms with E-state index in [1.807, 2.05) is 4.90 Å². The van der Waals surface area contributed by atoms with Crippen LogP contribution in [-0.2, 0) is 22.5 Å². The quantitative estimate of drug-likeness (QED) is 0.385. The third-order valence-corrected chi connectivity index (χ3v) is 4.92. The molecule has 1 atom stereocenters. The molecule has 1 amide bonds. The van der Waals surface area contributed by atoms with Crippen LogP contribution in [0.25, 0.3) is 0 Å². The van der Waals surface area contributed by atoms with Gasteiger partial charge in [0.2, 0.25) is 5.91 Å². The van der Waals surface area contributed by atoms with E-state index in [4.69, 9.17) is 4.74 Å². The van der Waals surface area contributed by atoms with E-state index < -0.39 is 11.6 Å². The summed E-state index contributed by atoms with van der Waals surface area (Å²) >= 11 is 0. The van der Waals surface area contributed by atoms with Gasteiger partial charge in [0.05, 0.1) is 6.10 Å². The number of ether oxygens (including phenoxy) is 1. The molecule has 2 aliphatic heterocycles.